The summed E-state index contributed by atoms with van der Waals surface area (Å²) in [5.74, 6) is -0.303. The minimum atomic E-state index is -0.303. The van der Waals surface area contributed by atoms with Crippen molar-refractivity contribution in [3.63, 3.8) is 0 Å². The van der Waals surface area contributed by atoms with Gasteiger partial charge in [-0.1, -0.05) is 48.5 Å². The van der Waals surface area contributed by atoms with Gasteiger partial charge in [0.25, 0.3) is 0 Å². The lowest BCUT2D eigenvalue weighted by Gasteiger charge is -2.16. The van der Waals surface area contributed by atoms with E-state index in [1.807, 2.05) is 62.4 Å². The molecular formula is C21H15BFN3. The maximum absolute atomic E-state index is 13.8. The molecule has 0 aliphatic carbocycles. The van der Waals surface area contributed by atoms with Gasteiger partial charge in [0.15, 0.2) is 7.85 Å². The maximum atomic E-state index is 13.8. The molecule has 2 heterocycles. The molecule has 0 bridgehead atoms. The molecule has 4 rings (SSSR count). The van der Waals surface area contributed by atoms with Crippen LogP contribution in [0.5, 0.6) is 0 Å². The van der Waals surface area contributed by atoms with Gasteiger partial charge in [-0.3, -0.25) is 4.98 Å². The molecule has 0 spiro atoms. The molecule has 2 aromatic carbocycles. The fourth-order valence-electron chi connectivity index (χ4n) is 3.07. The van der Waals surface area contributed by atoms with E-state index >= 15 is 0 Å². The molecule has 0 aliphatic heterocycles. The standard InChI is InChI=1S/C21H15BFN3/c22-21-19(17-11-4-5-12-24-17)18(14-7-2-1-3-8-14)20(25-26-21)15-9-6-10-16(23)13-15/h1-13H,22H2. The number of pyridine rings is 1. The van der Waals surface area contributed by atoms with Gasteiger partial charge in [-0.05, 0) is 29.8 Å². The zero-order valence-corrected chi connectivity index (χ0v) is 14.2. The summed E-state index contributed by atoms with van der Waals surface area (Å²) in [4.78, 5) is 4.51. The predicted molar refractivity (Wildman–Crippen MR) is 104 cm³/mol. The van der Waals surface area contributed by atoms with Gasteiger partial charge in [0.05, 0.1) is 5.69 Å². The summed E-state index contributed by atoms with van der Waals surface area (Å²) in [5, 5.41) is 8.74. The topological polar surface area (TPSA) is 38.7 Å². The fraction of sp³-hybridized carbons (Fsp3) is 0. The summed E-state index contributed by atoms with van der Waals surface area (Å²) in [5.41, 5.74) is 5.73. The van der Waals surface area contributed by atoms with Crippen LogP contribution in [0.25, 0.3) is 33.6 Å². The lowest BCUT2D eigenvalue weighted by molar-refractivity contribution is 0.628. The third kappa shape index (κ3) is 2.99. The molecule has 0 saturated carbocycles. The first kappa shape index (κ1) is 16.2. The van der Waals surface area contributed by atoms with E-state index in [1.54, 1.807) is 12.3 Å². The smallest absolute Gasteiger partial charge is 0.167 e. The Bertz CT molecular complexity index is 1050. The summed E-state index contributed by atoms with van der Waals surface area (Å²) < 4.78 is 13.8. The Morgan fingerprint density at radius 2 is 1.50 bits per heavy atom. The molecule has 0 fully saturated rings. The van der Waals surface area contributed by atoms with Crippen molar-refractivity contribution in [1.29, 1.82) is 0 Å². The van der Waals surface area contributed by atoms with Crippen LogP contribution in [0.3, 0.4) is 0 Å². The second-order valence-electron chi connectivity index (χ2n) is 5.98. The van der Waals surface area contributed by atoms with Crippen molar-refractivity contribution in [1.82, 2.24) is 15.2 Å². The van der Waals surface area contributed by atoms with Gasteiger partial charge in [-0.15, -0.1) is 0 Å². The van der Waals surface area contributed by atoms with Gasteiger partial charge in [0, 0.05) is 28.5 Å². The number of hydrogen-bond donors (Lipinski definition) is 0. The van der Waals surface area contributed by atoms with E-state index < -0.39 is 0 Å². The van der Waals surface area contributed by atoms with Crippen LogP contribution < -0.4 is 5.59 Å². The minimum Gasteiger partial charge on any atom is -0.256 e. The van der Waals surface area contributed by atoms with Gasteiger partial charge >= 0.3 is 0 Å². The molecule has 124 valence electrons. The summed E-state index contributed by atoms with van der Waals surface area (Å²) in [6, 6.07) is 22.2. The molecule has 0 N–H and O–H groups in total. The molecule has 3 nitrogen and oxygen atoms in total. The van der Waals surface area contributed by atoms with Crippen molar-refractivity contribution in [2.45, 2.75) is 0 Å². The van der Waals surface area contributed by atoms with E-state index in [-0.39, 0.29) is 5.82 Å². The van der Waals surface area contributed by atoms with Crippen LogP contribution in [0.15, 0.2) is 79.0 Å². The summed E-state index contributed by atoms with van der Waals surface area (Å²) in [6.45, 7) is 0. The van der Waals surface area contributed by atoms with Crippen LogP contribution in [0.1, 0.15) is 0 Å². The van der Waals surface area contributed by atoms with Gasteiger partial charge in [-0.2, -0.15) is 10.2 Å². The molecule has 4 aromatic rings. The number of benzene rings is 2. The quantitative estimate of drug-likeness (QED) is 0.538. The number of nitrogens with zero attached hydrogens (tertiary/aromatic N) is 3. The van der Waals surface area contributed by atoms with E-state index in [0.29, 0.717) is 11.3 Å². The van der Waals surface area contributed by atoms with Crippen LogP contribution in [0.2, 0.25) is 0 Å². The monoisotopic (exact) mass is 339 g/mol. The molecule has 0 unspecified atom stereocenters. The van der Waals surface area contributed by atoms with Crippen LogP contribution in [-0.4, -0.2) is 23.0 Å². The van der Waals surface area contributed by atoms with Crippen LogP contribution in [-0.2, 0) is 0 Å². The number of hydrogen-bond acceptors (Lipinski definition) is 3. The minimum absolute atomic E-state index is 0.303. The van der Waals surface area contributed by atoms with Crippen molar-refractivity contribution in [3.8, 4) is 33.6 Å². The fourth-order valence-corrected chi connectivity index (χ4v) is 3.07. The van der Waals surface area contributed by atoms with E-state index in [2.05, 4.69) is 15.2 Å². The Labute approximate surface area is 152 Å². The molecule has 0 radical (unpaired) electrons. The third-order valence-corrected chi connectivity index (χ3v) is 4.23. The first-order chi connectivity index (χ1) is 12.7. The highest BCUT2D eigenvalue weighted by molar-refractivity contribution is 6.35. The molecular weight excluding hydrogens is 324 g/mol. The molecule has 5 heteroatoms. The van der Waals surface area contributed by atoms with E-state index in [9.17, 15) is 4.39 Å². The van der Waals surface area contributed by atoms with Crippen LogP contribution in [0.4, 0.5) is 4.39 Å². The molecule has 0 saturated heterocycles. The van der Waals surface area contributed by atoms with E-state index in [4.69, 9.17) is 0 Å². The Kier molecular flexibility index (Phi) is 4.28. The Balaban J connectivity index is 2.08. The highest BCUT2D eigenvalue weighted by Gasteiger charge is 2.19. The average Bonchev–Trinajstić information content (AvgIpc) is 2.69. The Hall–Kier alpha value is -3.34. The number of aromatic nitrogens is 3. The van der Waals surface area contributed by atoms with Gasteiger partial charge in [0.1, 0.15) is 11.5 Å². The zero-order valence-electron chi connectivity index (χ0n) is 14.2. The zero-order chi connectivity index (χ0) is 17.9. The predicted octanol–water partition coefficient (Wildman–Crippen LogP) is 3.27. The molecule has 0 amide bonds. The normalized spacial score (nSPS) is 10.7. The lowest BCUT2D eigenvalue weighted by atomic mass is 9.87. The van der Waals surface area contributed by atoms with Crippen molar-refractivity contribution < 1.29 is 4.39 Å². The first-order valence-corrected chi connectivity index (χ1v) is 8.34. The highest BCUT2D eigenvalue weighted by atomic mass is 19.1. The number of halogens is 1. The molecule has 26 heavy (non-hydrogen) atoms. The SMILES string of the molecule is Bc1nnc(-c2cccc(F)c2)c(-c2ccccc2)c1-c1ccccn1. The van der Waals surface area contributed by atoms with Crippen LogP contribution >= 0.6 is 0 Å². The first-order valence-electron chi connectivity index (χ1n) is 8.34. The third-order valence-electron chi connectivity index (χ3n) is 4.23. The maximum Gasteiger partial charge on any atom is 0.167 e. The van der Waals surface area contributed by atoms with Crippen molar-refractivity contribution in [2.75, 3.05) is 0 Å². The van der Waals surface area contributed by atoms with Crippen molar-refractivity contribution in [3.05, 3.63) is 84.8 Å². The highest BCUT2D eigenvalue weighted by Crippen LogP contribution is 2.36. The van der Waals surface area contributed by atoms with Gasteiger partial charge in [0.2, 0.25) is 0 Å². The second-order valence-corrected chi connectivity index (χ2v) is 5.98. The van der Waals surface area contributed by atoms with Crippen molar-refractivity contribution in [2.24, 2.45) is 0 Å². The largest absolute Gasteiger partial charge is 0.256 e. The van der Waals surface area contributed by atoms with Gasteiger partial charge < -0.3 is 0 Å². The summed E-state index contributed by atoms with van der Waals surface area (Å²) in [6.07, 6.45) is 1.76. The Morgan fingerprint density at radius 3 is 2.23 bits per heavy atom. The molecule has 2 aromatic heterocycles. The molecule has 0 aliphatic rings. The summed E-state index contributed by atoms with van der Waals surface area (Å²) in [7, 11) is 1.92. The second kappa shape index (κ2) is 6.88. The molecule has 0 atom stereocenters. The summed E-state index contributed by atoms with van der Waals surface area (Å²) >= 11 is 0. The lowest BCUT2D eigenvalue weighted by Crippen LogP contribution is -2.17. The Morgan fingerprint density at radius 1 is 0.731 bits per heavy atom. The van der Waals surface area contributed by atoms with E-state index in [1.165, 1.54) is 12.1 Å². The number of rotatable bonds is 3. The van der Waals surface area contributed by atoms with Gasteiger partial charge in [-0.25, -0.2) is 4.39 Å². The van der Waals surface area contributed by atoms with Crippen LogP contribution in [0, 0.1) is 5.82 Å². The van der Waals surface area contributed by atoms with Crippen molar-refractivity contribution >= 4 is 13.4 Å². The van der Waals surface area contributed by atoms with E-state index in [0.717, 1.165) is 28.0 Å². The average molecular weight is 339 g/mol.